The third-order valence-corrected chi connectivity index (χ3v) is 3.42. The Morgan fingerprint density at radius 1 is 1.35 bits per heavy atom. The van der Waals surface area contributed by atoms with Crippen LogP contribution in [0.1, 0.15) is 30.7 Å². The van der Waals surface area contributed by atoms with Crippen LogP contribution >= 0.6 is 11.6 Å². The number of nitrogens with zero attached hydrogens (tertiary/aromatic N) is 2. The van der Waals surface area contributed by atoms with E-state index in [9.17, 15) is 4.79 Å². The summed E-state index contributed by atoms with van der Waals surface area (Å²) in [5, 5.41) is 17.1. The highest BCUT2D eigenvalue weighted by molar-refractivity contribution is 6.33. The van der Waals surface area contributed by atoms with E-state index in [0.717, 1.165) is 11.1 Å². The fourth-order valence-electron chi connectivity index (χ4n) is 1.83. The van der Waals surface area contributed by atoms with Crippen LogP contribution in [0.4, 0.5) is 0 Å². The molecule has 0 spiro atoms. The number of carboxylic acids is 1. The first-order chi connectivity index (χ1) is 9.58. The van der Waals surface area contributed by atoms with Crippen LogP contribution in [-0.2, 0) is 11.2 Å². The first kappa shape index (κ1) is 14.5. The standard InChI is InChI=1S/C14H15ClN2O3/c1-9-5-4-6-10(13(9)15)14-17-16-11(20-14)7-2-3-8-12(18)19/h4-6H,2-3,7-8H2,1H3,(H,18,19). The molecular weight excluding hydrogens is 280 g/mol. The number of carbonyl (C=O) groups is 1. The summed E-state index contributed by atoms with van der Waals surface area (Å²) < 4.78 is 5.56. The van der Waals surface area contributed by atoms with Crippen molar-refractivity contribution in [3.05, 3.63) is 34.7 Å². The average molecular weight is 295 g/mol. The lowest BCUT2D eigenvalue weighted by Gasteiger charge is -2.01. The lowest BCUT2D eigenvalue weighted by atomic mass is 10.1. The number of rotatable bonds is 6. The van der Waals surface area contributed by atoms with Gasteiger partial charge in [0, 0.05) is 12.8 Å². The monoisotopic (exact) mass is 294 g/mol. The highest BCUT2D eigenvalue weighted by atomic mass is 35.5. The zero-order chi connectivity index (χ0) is 14.5. The maximum Gasteiger partial charge on any atom is 0.303 e. The number of aromatic nitrogens is 2. The predicted molar refractivity (Wildman–Crippen MR) is 74.7 cm³/mol. The summed E-state index contributed by atoms with van der Waals surface area (Å²) in [5.74, 6) is 0.109. The van der Waals surface area contributed by atoms with E-state index >= 15 is 0 Å². The maximum absolute atomic E-state index is 10.4. The van der Waals surface area contributed by atoms with Crippen molar-refractivity contribution in [3.63, 3.8) is 0 Å². The van der Waals surface area contributed by atoms with Crippen molar-refractivity contribution in [1.82, 2.24) is 10.2 Å². The third-order valence-electron chi connectivity index (χ3n) is 2.92. The predicted octanol–water partition coefficient (Wildman–Crippen LogP) is 3.50. The molecule has 0 atom stereocenters. The molecule has 1 heterocycles. The number of halogens is 1. The largest absolute Gasteiger partial charge is 0.481 e. The Morgan fingerprint density at radius 3 is 2.90 bits per heavy atom. The van der Waals surface area contributed by atoms with Crippen molar-refractivity contribution in [2.24, 2.45) is 0 Å². The molecule has 0 aliphatic carbocycles. The van der Waals surface area contributed by atoms with E-state index in [1.165, 1.54) is 0 Å². The zero-order valence-corrected chi connectivity index (χ0v) is 11.9. The van der Waals surface area contributed by atoms with Crippen LogP contribution in [0.3, 0.4) is 0 Å². The number of carboxylic acid groups (broad SMARTS) is 1. The molecule has 0 saturated heterocycles. The molecule has 5 nitrogen and oxygen atoms in total. The van der Waals surface area contributed by atoms with Gasteiger partial charge in [-0.1, -0.05) is 23.7 Å². The molecule has 0 bridgehead atoms. The van der Waals surface area contributed by atoms with Crippen molar-refractivity contribution >= 4 is 17.6 Å². The van der Waals surface area contributed by atoms with E-state index in [2.05, 4.69) is 10.2 Å². The molecule has 1 aromatic carbocycles. The van der Waals surface area contributed by atoms with Crippen molar-refractivity contribution in [1.29, 1.82) is 0 Å². The van der Waals surface area contributed by atoms with Gasteiger partial charge in [-0.3, -0.25) is 4.79 Å². The number of hydrogen-bond acceptors (Lipinski definition) is 4. The molecule has 1 aromatic heterocycles. The third kappa shape index (κ3) is 3.57. The number of hydrogen-bond donors (Lipinski definition) is 1. The first-order valence-electron chi connectivity index (χ1n) is 6.37. The van der Waals surface area contributed by atoms with Crippen LogP contribution in [0.5, 0.6) is 0 Å². The number of aryl methyl sites for hydroxylation is 2. The van der Waals surface area contributed by atoms with Crippen LogP contribution in [-0.4, -0.2) is 21.3 Å². The fraction of sp³-hybridized carbons (Fsp3) is 0.357. The molecule has 106 valence electrons. The van der Waals surface area contributed by atoms with Crippen molar-refractivity contribution < 1.29 is 14.3 Å². The van der Waals surface area contributed by atoms with Crippen LogP contribution in [0.25, 0.3) is 11.5 Å². The minimum Gasteiger partial charge on any atom is -0.481 e. The molecule has 0 fully saturated rings. The SMILES string of the molecule is Cc1cccc(-c2nnc(CCCCC(=O)O)o2)c1Cl. The summed E-state index contributed by atoms with van der Waals surface area (Å²) in [6.45, 7) is 1.91. The topological polar surface area (TPSA) is 76.2 Å². The maximum atomic E-state index is 10.4. The molecule has 2 aromatic rings. The lowest BCUT2D eigenvalue weighted by molar-refractivity contribution is -0.137. The van der Waals surface area contributed by atoms with Gasteiger partial charge >= 0.3 is 5.97 Å². The minimum absolute atomic E-state index is 0.157. The highest BCUT2D eigenvalue weighted by Crippen LogP contribution is 2.29. The van der Waals surface area contributed by atoms with Crippen molar-refractivity contribution in [2.45, 2.75) is 32.6 Å². The highest BCUT2D eigenvalue weighted by Gasteiger charge is 2.12. The van der Waals surface area contributed by atoms with Crippen molar-refractivity contribution in [2.75, 3.05) is 0 Å². The molecule has 0 aliphatic rings. The molecule has 6 heteroatoms. The smallest absolute Gasteiger partial charge is 0.303 e. The molecule has 0 saturated carbocycles. The van der Waals surface area contributed by atoms with E-state index in [-0.39, 0.29) is 6.42 Å². The van der Waals surface area contributed by atoms with Gasteiger partial charge in [0.1, 0.15) is 0 Å². The van der Waals surface area contributed by atoms with Gasteiger partial charge in [0.25, 0.3) is 0 Å². The Labute approximate surface area is 121 Å². The number of aliphatic carboxylic acids is 1. The summed E-state index contributed by atoms with van der Waals surface area (Å²) >= 11 is 6.21. The van der Waals surface area contributed by atoms with Crippen molar-refractivity contribution in [3.8, 4) is 11.5 Å². The quantitative estimate of drug-likeness (QED) is 0.825. The Morgan fingerprint density at radius 2 is 2.15 bits per heavy atom. The Balaban J connectivity index is 2.02. The van der Waals surface area contributed by atoms with Gasteiger partial charge in [0.2, 0.25) is 11.8 Å². The summed E-state index contributed by atoms with van der Waals surface area (Å²) in [4.78, 5) is 10.4. The Kier molecular flexibility index (Phi) is 4.74. The fourth-order valence-corrected chi connectivity index (χ4v) is 2.04. The molecular formula is C14H15ClN2O3. The second-order valence-corrected chi connectivity index (χ2v) is 4.92. The zero-order valence-electron chi connectivity index (χ0n) is 11.1. The minimum atomic E-state index is -0.789. The molecule has 0 aliphatic heterocycles. The van der Waals surface area contributed by atoms with Gasteiger partial charge in [0.05, 0.1) is 10.6 Å². The van der Waals surface area contributed by atoms with E-state index in [4.69, 9.17) is 21.1 Å². The lowest BCUT2D eigenvalue weighted by Crippen LogP contribution is -1.95. The van der Waals surface area contributed by atoms with Gasteiger partial charge in [-0.2, -0.15) is 0 Å². The summed E-state index contributed by atoms with van der Waals surface area (Å²) in [5.41, 5.74) is 1.67. The molecule has 0 unspecified atom stereocenters. The van der Waals surface area contributed by atoms with Gasteiger partial charge in [-0.05, 0) is 31.4 Å². The van der Waals surface area contributed by atoms with Gasteiger partial charge < -0.3 is 9.52 Å². The molecule has 20 heavy (non-hydrogen) atoms. The number of unbranched alkanes of at least 4 members (excludes halogenated alkanes) is 1. The van der Waals surface area contributed by atoms with Gasteiger partial charge in [-0.25, -0.2) is 0 Å². The van der Waals surface area contributed by atoms with E-state index in [1.54, 1.807) is 0 Å². The second kappa shape index (κ2) is 6.52. The van der Waals surface area contributed by atoms with Crippen LogP contribution < -0.4 is 0 Å². The molecule has 2 rings (SSSR count). The molecule has 1 N–H and O–H groups in total. The first-order valence-corrected chi connectivity index (χ1v) is 6.75. The molecule has 0 radical (unpaired) electrons. The van der Waals surface area contributed by atoms with E-state index in [0.29, 0.717) is 36.1 Å². The molecule has 0 amide bonds. The Bertz CT molecular complexity index is 610. The summed E-state index contributed by atoms with van der Waals surface area (Å²) in [6, 6.07) is 5.62. The van der Waals surface area contributed by atoms with Crippen LogP contribution in [0.15, 0.2) is 22.6 Å². The Hall–Kier alpha value is -1.88. The van der Waals surface area contributed by atoms with E-state index in [1.807, 2.05) is 25.1 Å². The summed E-state index contributed by atoms with van der Waals surface area (Å²) in [7, 11) is 0. The van der Waals surface area contributed by atoms with Gasteiger partial charge in [0.15, 0.2) is 0 Å². The van der Waals surface area contributed by atoms with Crippen LogP contribution in [0, 0.1) is 6.92 Å². The van der Waals surface area contributed by atoms with Crippen LogP contribution in [0.2, 0.25) is 5.02 Å². The van der Waals surface area contributed by atoms with Gasteiger partial charge in [-0.15, -0.1) is 10.2 Å². The van der Waals surface area contributed by atoms with E-state index < -0.39 is 5.97 Å². The second-order valence-electron chi connectivity index (χ2n) is 4.54. The summed E-state index contributed by atoms with van der Waals surface area (Å²) in [6.07, 6.45) is 2.03. The average Bonchev–Trinajstić information content (AvgIpc) is 2.86. The normalized spacial score (nSPS) is 10.7. The number of benzene rings is 1.